The molecule has 0 atom stereocenters. The fourth-order valence-corrected chi connectivity index (χ4v) is 1.13. The van der Waals surface area contributed by atoms with Crippen LogP contribution in [0.3, 0.4) is 0 Å². The Bertz CT molecular complexity index is 387. The molecule has 0 radical (unpaired) electrons. The van der Waals surface area contributed by atoms with E-state index >= 15 is 0 Å². The average Bonchev–Trinajstić information content (AvgIpc) is 2.67. The number of aromatic nitrogens is 3. The minimum Gasteiger partial charge on any atom is -0.332 e. The summed E-state index contributed by atoms with van der Waals surface area (Å²) in [4.78, 5) is 8.20. The van der Waals surface area contributed by atoms with E-state index < -0.39 is 0 Å². The van der Waals surface area contributed by atoms with Gasteiger partial charge < -0.3 is 4.52 Å². The molecule has 0 fully saturated rings. The van der Waals surface area contributed by atoms with Gasteiger partial charge in [-0.25, -0.2) is 0 Å². The van der Waals surface area contributed by atoms with Gasteiger partial charge in [0.1, 0.15) is 5.69 Å². The molecule has 2 heterocycles. The zero-order valence-electron chi connectivity index (χ0n) is 6.64. The second-order valence-corrected chi connectivity index (χ2v) is 2.93. The van der Waals surface area contributed by atoms with Crippen molar-refractivity contribution in [1.29, 1.82) is 0 Å². The molecule has 5 heteroatoms. The van der Waals surface area contributed by atoms with Crippen molar-refractivity contribution in [3.8, 4) is 11.6 Å². The monoisotopic (exact) mass is 239 g/mol. The van der Waals surface area contributed by atoms with Crippen molar-refractivity contribution in [2.24, 2.45) is 0 Å². The van der Waals surface area contributed by atoms with E-state index in [1.807, 2.05) is 18.2 Å². The molecule has 0 aliphatic rings. The molecule has 0 aliphatic heterocycles. The molecule has 0 unspecified atom stereocenters. The summed E-state index contributed by atoms with van der Waals surface area (Å²) in [6.07, 6.45) is 1.69. The molecule has 0 aliphatic carbocycles. The lowest BCUT2D eigenvalue weighted by molar-refractivity contribution is 0.424. The van der Waals surface area contributed by atoms with E-state index in [-0.39, 0.29) is 0 Å². The maximum absolute atomic E-state index is 4.99. The molecule has 2 rings (SSSR count). The largest absolute Gasteiger partial charge is 0.332 e. The van der Waals surface area contributed by atoms with E-state index in [1.54, 1.807) is 6.20 Å². The summed E-state index contributed by atoms with van der Waals surface area (Å²) in [6, 6.07) is 5.54. The number of halogens is 1. The molecule has 2 aromatic rings. The van der Waals surface area contributed by atoms with Crippen molar-refractivity contribution in [2.75, 3.05) is 0 Å². The lowest BCUT2D eigenvalue weighted by Crippen LogP contribution is -1.82. The van der Waals surface area contributed by atoms with Gasteiger partial charge in [0, 0.05) is 6.20 Å². The van der Waals surface area contributed by atoms with Crippen molar-refractivity contribution >= 4 is 15.9 Å². The predicted octanol–water partition coefficient (Wildman–Crippen LogP) is 2.03. The topological polar surface area (TPSA) is 51.8 Å². The zero-order chi connectivity index (χ0) is 9.10. The Morgan fingerprint density at radius 1 is 1.38 bits per heavy atom. The van der Waals surface area contributed by atoms with Crippen molar-refractivity contribution in [3.05, 3.63) is 30.2 Å². The van der Waals surface area contributed by atoms with Crippen LogP contribution >= 0.6 is 15.9 Å². The molecule has 0 bridgehead atoms. The van der Waals surface area contributed by atoms with Gasteiger partial charge in [0.05, 0.1) is 5.33 Å². The smallest absolute Gasteiger partial charge is 0.276 e. The van der Waals surface area contributed by atoms with Crippen LogP contribution in [-0.4, -0.2) is 15.1 Å². The van der Waals surface area contributed by atoms with Gasteiger partial charge in [0.25, 0.3) is 5.89 Å². The van der Waals surface area contributed by atoms with Crippen LogP contribution in [0.4, 0.5) is 0 Å². The van der Waals surface area contributed by atoms with Gasteiger partial charge in [-0.3, -0.25) is 4.98 Å². The van der Waals surface area contributed by atoms with Crippen molar-refractivity contribution in [2.45, 2.75) is 5.33 Å². The third-order valence-corrected chi connectivity index (χ3v) is 1.97. The number of pyridine rings is 1. The van der Waals surface area contributed by atoms with Crippen LogP contribution in [-0.2, 0) is 5.33 Å². The van der Waals surface area contributed by atoms with Crippen molar-refractivity contribution in [1.82, 2.24) is 15.1 Å². The summed E-state index contributed by atoms with van der Waals surface area (Å²) in [6.45, 7) is 0. The highest BCUT2D eigenvalue weighted by atomic mass is 79.9. The Morgan fingerprint density at radius 3 is 2.92 bits per heavy atom. The van der Waals surface area contributed by atoms with Gasteiger partial charge >= 0.3 is 0 Å². The molecule has 0 amide bonds. The van der Waals surface area contributed by atoms with Crippen molar-refractivity contribution in [3.63, 3.8) is 0 Å². The molecule has 0 saturated carbocycles. The summed E-state index contributed by atoms with van der Waals surface area (Å²) in [5.74, 6) is 1.08. The highest BCUT2D eigenvalue weighted by Crippen LogP contribution is 2.13. The first-order chi connectivity index (χ1) is 6.40. The van der Waals surface area contributed by atoms with E-state index in [0.717, 1.165) is 0 Å². The predicted molar refractivity (Wildman–Crippen MR) is 50.2 cm³/mol. The third-order valence-electron chi connectivity index (χ3n) is 1.47. The average molecular weight is 240 g/mol. The van der Waals surface area contributed by atoms with Gasteiger partial charge in [-0.15, -0.1) is 0 Å². The van der Waals surface area contributed by atoms with Crippen LogP contribution < -0.4 is 0 Å². The SMILES string of the molecule is BrCc1noc(-c2ccccn2)n1. The molecule has 2 aromatic heterocycles. The second-order valence-electron chi connectivity index (χ2n) is 2.36. The number of nitrogens with zero attached hydrogens (tertiary/aromatic N) is 3. The first-order valence-corrected chi connectivity index (χ1v) is 4.82. The summed E-state index contributed by atoms with van der Waals surface area (Å²) in [7, 11) is 0. The summed E-state index contributed by atoms with van der Waals surface area (Å²) in [5.41, 5.74) is 0.696. The van der Waals surface area contributed by atoms with Gasteiger partial charge in [-0.2, -0.15) is 4.98 Å². The van der Waals surface area contributed by atoms with E-state index in [2.05, 4.69) is 31.1 Å². The Labute approximate surface area is 83.1 Å². The summed E-state index contributed by atoms with van der Waals surface area (Å²) < 4.78 is 4.99. The number of alkyl halides is 1. The molecule has 0 N–H and O–H groups in total. The van der Waals surface area contributed by atoms with Crippen LogP contribution in [0.5, 0.6) is 0 Å². The number of hydrogen-bond acceptors (Lipinski definition) is 4. The highest BCUT2D eigenvalue weighted by Gasteiger charge is 2.07. The van der Waals surface area contributed by atoms with E-state index in [0.29, 0.717) is 22.7 Å². The molecule has 66 valence electrons. The maximum atomic E-state index is 4.99. The van der Waals surface area contributed by atoms with Gasteiger partial charge in [0.15, 0.2) is 5.82 Å². The molecule has 0 aromatic carbocycles. The first kappa shape index (κ1) is 8.37. The lowest BCUT2D eigenvalue weighted by atomic mass is 10.3. The van der Waals surface area contributed by atoms with E-state index in [1.165, 1.54) is 0 Å². The lowest BCUT2D eigenvalue weighted by Gasteiger charge is -1.88. The maximum Gasteiger partial charge on any atom is 0.276 e. The minimum absolute atomic E-state index is 0.454. The van der Waals surface area contributed by atoms with Gasteiger partial charge in [0.2, 0.25) is 0 Å². The van der Waals surface area contributed by atoms with E-state index in [4.69, 9.17) is 4.52 Å². The van der Waals surface area contributed by atoms with E-state index in [9.17, 15) is 0 Å². The second kappa shape index (κ2) is 3.66. The minimum atomic E-state index is 0.454. The quantitative estimate of drug-likeness (QED) is 0.753. The van der Waals surface area contributed by atoms with Crippen LogP contribution in [0, 0.1) is 0 Å². The number of hydrogen-bond donors (Lipinski definition) is 0. The molecule has 13 heavy (non-hydrogen) atoms. The molecular weight excluding hydrogens is 234 g/mol. The highest BCUT2D eigenvalue weighted by molar-refractivity contribution is 9.08. The van der Waals surface area contributed by atoms with Crippen LogP contribution in [0.25, 0.3) is 11.6 Å². The Morgan fingerprint density at radius 2 is 2.31 bits per heavy atom. The molecule has 0 saturated heterocycles. The van der Waals surface area contributed by atoms with Crippen LogP contribution in [0.2, 0.25) is 0 Å². The molecule has 4 nitrogen and oxygen atoms in total. The summed E-state index contributed by atoms with van der Waals surface area (Å²) in [5, 5.41) is 4.32. The zero-order valence-corrected chi connectivity index (χ0v) is 8.23. The molecular formula is C8H6BrN3O. The van der Waals surface area contributed by atoms with Crippen molar-refractivity contribution < 1.29 is 4.52 Å². The Hall–Kier alpha value is -1.23. The van der Waals surface area contributed by atoms with Crippen LogP contribution in [0.1, 0.15) is 5.82 Å². The third kappa shape index (κ3) is 1.75. The standard InChI is InChI=1S/C8H6BrN3O/c9-5-7-11-8(13-12-7)6-3-1-2-4-10-6/h1-4H,5H2. The normalized spacial score (nSPS) is 10.2. The Kier molecular flexibility index (Phi) is 2.35. The Balaban J connectivity index is 2.36. The first-order valence-electron chi connectivity index (χ1n) is 3.70. The molecule has 0 spiro atoms. The van der Waals surface area contributed by atoms with Crippen LogP contribution in [0.15, 0.2) is 28.9 Å². The van der Waals surface area contributed by atoms with Gasteiger partial charge in [-0.05, 0) is 12.1 Å². The van der Waals surface area contributed by atoms with Gasteiger partial charge in [-0.1, -0.05) is 27.2 Å². The fraction of sp³-hybridized carbons (Fsp3) is 0.125. The fourth-order valence-electron chi connectivity index (χ4n) is 0.902. The number of rotatable bonds is 2. The summed E-state index contributed by atoms with van der Waals surface area (Å²) >= 11 is 3.24.